The number of hydrogen-bond acceptors (Lipinski definition) is 2. The van der Waals surface area contributed by atoms with Gasteiger partial charge in [-0.05, 0) is 38.5 Å². The molecule has 0 aliphatic heterocycles. The fourth-order valence-electron chi connectivity index (χ4n) is 1.92. The summed E-state index contributed by atoms with van der Waals surface area (Å²) in [4.78, 5) is 0. The van der Waals surface area contributed by atoms with Crippen LogP contribution in [-0.4, -0.2) is 12.6 Å². The van der Waals surface area contributed by atoms with Crippen LogP contribution in [-0.2, 0) is 0 Å². The SMILES string of the molecule is C/C=C/C/C=C\C[C@@H](N)C[C@H](CC)C/C=C\CN. The van der Waals surface area contributed by atoms with Crippen LogP contribution in [0.2, 0.25) is 0 Å². The Balaban J connectivity index is 3.84. The first-order chi connectivity index (χ1) is 8.74. The van der Waals surface area contributed by atoms with Gasteiger partial charge in [-0.15, -0.1) is 0 Å². The van der Waals surface area contributed by atoms with Gasteiger partial charge in [-0.25, -0.2) is 0 Å². The first-order valence-electron chi connectivity index (χ1n) is 7.11. The van der Waals surface area contributed by atoms with Crippen molar-refractivity contribution >= 4 is 0 Å². The van der Waals surface area contributed by atoms with Crippen LogP contribution < -0.4 is 11.5 Å². The van der Waals surface area contributed by atoms with Gasteiger partial charge in [0.2, 0.25) is 0 Å². The number of hydrogen-bond donors (Lipinski definition) is 2. The molecule has 0 radical (unpaired) electrons. The summed E-state index contributed by atoms with van der Waals surface area (Å²) in [6.45, 7) is 4.91. The van der Waals surface area contributed by atoms with Gasteiger partial charge in [-0.3, -0.25) is 0 Å². The maximum atomic E-state index is 6.15. The Hall–Kier alpha value is -0.860. The molecule has 0 aliphatic rings. The molecule has 0 fully saturated rings. The molecular weight excluding hydrogens is 220 g/mol. The van der Waals surface area contributed by atoms with Crippen LogP contribution in [0.1, 0.15) is 46.0 Å². The molecule has 4 N–H and O–H groups in total. The molecule has 0 rings (SSSR count). The molecule has 0 bridgehead atoms. The molecule has 104 valence electrons. The van der Waals surface area contributed by atoms with E-state index in [2.05, 4.69) is 37.3 Å². The second-order valence-electron chi connectivity index (χ2n) is 4.72. The number of rotatable bonds is 10. The molecule has 18 heavy (non-hydrogen) atoms. The summed E-state index contributed by atoms with van der Waals surface area (Å²) >= 11 is 0. The van der Waals surface area contributed by atoms with E-state index in [0.717, 1.165) is 25.7 Å². The quantitative estimate of drug-likeness (QED) is 0.583. The third-order valence-corrected chi connectivity index (χ3v) is 3.10. The Bertz CT molecular complexity index is 254. The molecule has 2 heteroatoms. The predicted octanol–water partition coefficient (Wildman–Crippen LogP) is 3.55. The molecule has 0 heterocycles. The lowest BCUT2D eigenvalue weighted by Gasteiger charge is -2.17. The van der Waals surface area contributed by atoms with Crippen molar-refractivity contribution in [2.24, 2.45) is 17.4 Å². The van der Waals surface area contributed by atoms with E-state index >= 15 is 0 Å². The van der Waals surface area contributed by atoms with Crippen molar-refractivity contribution < 1.29 is 0 Å². The lowest BCUT2D eigenvalue weighted by atomic mass is 9.93. The van der Waals surface area contributed by atoms with Crippen molar-refractivity contribution in [3.8, 4) is 0 Å². The summed E-state index contributed by atoms with van der Waals surface area (Å²) < 4.78 is 0. The van der Waals surface area contributed by atoms with Crippen LogP contribution in [0.5, 0.6) is 0 Å². The third kappa shape index (κ3) is 10.3. The van der Waals surface area contributed by atoms with E-state index in [-0.39, 0.29) is 6.04 Å². The molecule has 0 saturated carbocycles. The van der Waals surface area contributed by atoms with Crippen LogP contribution in [0.3, 0.4) is 0 Å². The summed E-state index contributed by atoms with van der Waals surface area (Å²) in [5, 5.41) is 0. The van der Waals surface area contributed by atoms with Gasteiger partial charge in [-0.1, -0.05) is 49.8 Å². The fraction of sp³-hybridized carbons (Fsp3) is 0.625. The standard InChI is InChI=1S/C16H30N2/c1-3-5-6-7-8-12-16(18)14-15(4-2)11-9-10-13-17/h3,5,7-10,15-16H,4,6,11-14,17-18H2,1-2H3/b5-3+,8-7-,10-9-/t15-,16-/m1/s1. The lowest BCUT2D eigenvalue weighted by Crippen LogP contribution is -2.22. The van der Waals surface area contributed by atoms with E-state index in [1.54, 1.807) is 0 Å². The predicted molar refractivity (Wildman–Crippen MR) is 82.4 cm³/mol. The van der Waals surface area contributed by atoms with E-state index in [0.29, 0.717) is 12.5 Å². The van der Waals surface area contributed by atoms with Gasteiger partial charge < -0.3 is 11.5 Å². The molecule has 0 saturated heterocycles. The highest BCUT2D eigenvalue weighted by atomic mass is 14.6. The molecule has 0 unspecified atom stereocenters. The van der Waals surface area contributed by atoms with E-state index in [9.17, 15) is 0 Å². The van der Waals surface area contributed by atoms with Crippen molar-refractivity contribution in [3.05, 3.63) is 36.5 Å². The molecular formula is C16H30N2. The molecule has 0 aromatic heterocycles. The minimum atomic E-state index is 0.281. The van der Waals surface area contributed by atoms with Gasteiger partial charge in [0, 0.05) is 12.6 Å². The molecule has 0 aromatic carbocycles. The molecule has 2 atom stereocenters. The molecule has 0 spiro atoms. The average molecular weight is 250 g/mol. The van der Waals surface area contributed by atoms with Gasteiger partial charge in [0.25, 0.3) is 0 Å². The largest absolute Gasteiger partial charge is 0.327 e. The van der Waals surface area contributed by atoms with Gasteiger partial charge in [0.1, 0.15) is 0 Å². The van der Waals surface area contributed by atoms with Crippen molar-refractivity contribution in [2.45, 2.75) is 52.0 Å². The normalized spacial score (nSPS) is 16.0. The second kappa shape index (κ2) is 12.6. The first-order valence-corrected chi connectivity index (χ1v) is 7.11. The van der Waals surface area contributed by atoms with Crippen LogP contribution in [0, 0.1) is 5.92 Å². The van der Waals surface area contributed by atoms with E-state index in [1.165, 1.54) is 6.42 Å². The topological polar surface area (TPSA) is 52.0 Å². The van der Waals surface area contributed by atoms with Gasteiger partial charge in [-0.2, -0.15) is 0 Å². The number of nitrogens with two attached hydrogens (primary N) is 2. The maximum Gasteiger partial charge on any atom is 0.0106 e. The molecule has 0 aliphatic carbocycles. The van der Waals surface area contributed by atoms with Crippen LogP contribution in [0.15, 0.2) is 36.5 Å². The minimum Gasteiger partial charge on any atom is -0.327 e. The highest BCUT2D eigenvalue weighted by Crippen LogP contribution is 2.17. The number of allylic oxidation sites excluding steroid dienone is 4. The van der Waals surface area contributed by atoms with Crippen molar-refractivity contribution in [1.29, 1.82) is 0 Å². The van der Waals surface area contributed by atoms with Crippen molar-refractivity contribution in [3.63, 3.8) is 0 Å². The summed E-state index contributed by atoms with van der Waals surface area (Å²) in [5.74, 6) is 0.687. The third-order valence-electron chi connectivity index (χ3n) is 3.10. The maximum absolute atomic E-state index is 6.15. The Morgan fingerprint density at radius 3 is 2.33 bits per heavy atom. The van der Waals surface area contributed by atoms with Crippen LogP contribution >= 0.6 is 0 Å². The highest BCUT2D eigenvalue weighted by Gasteiger charge is 2.09. The van der Waals surface area contributed by atoms with Crippen molar-refractivity contribution in [1.82, 2.24) is 0 Å². The highest BCUT2D eigenvalue weighted by molar-refractivity contribution is 4.93. The minimum absolute atomic E-state index is 0.281. The Morgan fingerprint density at radius 1 is 1.00 bits per heavy atom. The van der Waals surface area contributed by atoms with Crippen LogP contribution in [0.4, 0.5) is 0 Å². The van der Waals surface area contributed by atoms with Gasteiger partial charge in [0.15, 0.2) is 0 Å². The summed E-state index contributed by atoms with van der Waals surface area (Å²) in [5.41, 5.74) is 11.6. The molecule has 2 nitrogen and oxygen atoms in total. The van der Waals surface area contributed by atoms with E-state index in [1.807, 2.05) is 13.0 Å². The zero-order valence-electron chi connectivity index (χ0n) is 12.0. The summed E-state index contributed by atoms with van der Waals surface area (Å²) in [7, 11) is 0. The van der Waals surface area contributed by atoms with Gasteiger partial charge in [0.05, 0.1) is 0 Å². The second-order valence-corrected chi connectivity index (χ2v) is 4.72. The van der Waals surface area contributed by atoms with E-state index in [4.69, 9.17) is 11.5 Å². The fourth-order valence-corrected chi connectivity index (χ4v) is 1.92. The zero-order chi connectivity index (χ0) is 13.6. The van der Waals surface area contributed by atoms with Crippen molar-refractivity contribution in [2.75, 3.05) is 6.54 Å². The summed E-state index contributed by atoms with van der Waals surface area (Å²) in [6.07, 6.45) is 18.2. The molecule has 0 aromatic rings. The zero-order valence-corrected chi connectivity index (χ0v) is 12.0. The monoisotopic (exact) mass is 250 g/mol. The Labute approximate surface area is 113 Å². The molecule has 0 amide bonds. The van der Waals surface area contributed by atoms with E-state index < -0.39 is 0 Å². The van der Waals surface area contributed by atoms with Crippen LogP contribution in [0.25, 0.3) is 0 Å². The first kappa shape index (κ1) is 17.1. The van der Waals surface area contributed by atoms with Gasteiger partial charge >= 0.3 is 0 Å². The Kier molecular flexibility index (Phi) is 12.0. The lowest BCUT2D eigenvalue weighted by molar-refractivity contribution is 0.424. The Morgan fingerprint density at radius 2 is 1.72 bits per heavy atom. The smallest absolute Gasteiger partial charge is 0.0106 e. The summed E-state index contributed by atoms with van der Waals surface area (Å²) in [6, 6.07) is 0.281. The average Bonchev–Trinajstić information content (AvgIpc) is 2.37.